The molecule has 4 nitrogen and oxygen atoms in total. The van der Waals surface area contributed by atoms with Crippen LogP contribution in [0.2, 0.25) is 0 Å². The van der Waals surface area contributed by atoms with Crippen LogP contribution in [0.3, 0.4) is 0 Å². The molecule has 2 unspecified atom stereocenters. The van der Waals surface area contributed by atoms with Crippen molar-refractivity contribution < 1.29 is 14.2 Å². The highest BCUT2D eigenvalue weighted by molar-refractivity contribution is 4.91. The fraction of sp³-hybridized carbons (Fsp3) is 1.00. The first-order valence-corrected chi connectivity index (χ1v) is 11.8. The number of ether oxygens (including phenoxy) is 3. The van der Waals surface area contributed by atoms with Gasteiger partial charge in [0.2, 0.25) is 0 Å². The second-order valence-corrected chi connectivity index (χ2v) is 11.5. The monoisotopic (exact) mass is 395 g/mol. The Bertz CT molecular complexity index is 491. The molecule has 2 aliphatic heterocycles. The summed E-state index contributed by atoms with van der Waals surface area (Å²) in [5, 5.41) is 0. The largest absolute Gasteiger partial charge is 0.376 e. The molecule has 0 aromatic rings. The molecule has 0 aromatic heterocycles. The molecule has 0 aromatic carbocycles. The predicted molar refractivity (Wildman–Crippen MR) is 114 cm³/mol. The molecule has 1 aliphatic carbocycles. The van der Waals surface area contributed by atoms with Gasteiger partial charge in [0.25, 0.3) is 0 Å². The van der Waals surface area contributed by atoms with E-state index < -0.39 is 0 Å². The van der Waals surface area contributed by atoms with Crippen molar-refractivity contribution in [2.45, 2.75) is 104 Å². The summed E-state index contributed by atoms with van der Waals surface area (Å²) in [6.07, 6.45) is 8.74. The minimum Gasteiger partial charge on any atom is -0.376 e. The van der Waals surface area contributed by atoms with Gasteiger partial charge < -0.3 is 14.2 Å². The van der Waals surface area contributed by atoms with Gasteiger partial charge in [0.15, 0.2) is 5.79 Å². The topological polar surface area (TPSA) is 30.9 Å². The quantitative estimate of drug-likeness (QED) is 0.614. The third-order valence-corrected chi connectivity index (χ3v) is 7.20. The number of hydrogen-bond acceptors (Lipinski definition) is 4. The maximum Gasteiger partial charge on any atom is 0.168 e. The van der Waals surface area contributed by atoms with Crippen molar-refractivity contribution in [1.29, 1.82) is 0 Å². The van der Waals surface area contributed by atoms with Crippen molar-refractivity contribution >= 4 is 0 Å². The van der Waals surface area contributed by atoms with Crippen LogP contribution >= 0.6 is 0 Å². The lowest BCUT2D eigenvalue weighted by Crippen LogP contribution is -2.43. The van der Waals surface area contributed by atoms with Crippen molar-refractivity contribution in [3.63, 3.8) is 0 Å². The van der Waals surface area contributed by atoms with Crippen molar-refractivity contribution in [2.24, 2.45) is 16.7 Å². The van der Waals surface area contributed by atoms with Gasteiger partial charge in [-0.05, 0) is 48.9 Å². The summed E-state index contributed by atoms with van der Waals surface area (Å²) in [7, 11) is 0. The first kappa shape index (κ1) is 22.5. The summed E-state index contributed by atoms with van der Waals surface area (Å²) >= 11 is 0. The van der Waals surface area contributed by atoms with E-state index in [1.807, 2.05) is 0 Å². The minimum absolute atomic E-state index is 0.266. The van der Waals surface area contributed by atoms with E-state index in [-0.39, 0.29) is 11.9 Å². The first-order chi connectivity index (χ1) is 13.1. The van der Waals surface area contributed by atoms with Crippen LogP contribution in [-0.4, -0.2) is 55.7 Å². The Morgan fingerprint density at radius 1 is 1.04 bits per heavy atom. The Hall–Kier alpha value is -0.160. The fourth-order valence-corrected chi connectivity index (χ4v) is 5.93. The van der Waals surface area contributed by atoms with Crippen LogP contribution < -0.4 is 0 Å². The Kier molecular flexibility index (Phi) is 7.17. The molecular formula is C24H45NO3. The van der Waals surface area contributed by atoms with E-state index in [9.17, 15) is 0 Å². The molecular weight excluding hydrogens is 350 g/mol. The maximum absolute atomic E-state index is 6.52. The summed E-state index contributed by atoms with van der Waals surface area (Å²) in [6.45, 7) is 19.1. The van der Waals surface area contributed by atoms with Gasteiger partial charge in [0, 0.05) is 32.5 Å². The molecule has 3 rings (SSSR count). The Morgan fingerprint density at radius 2 is 1.75 bits per heavy atom. The van der Waals surface area contributed by atoms with Crippen LogP contribution in [0.15, 0.2) is 0 Å². The minimum atomic E-state index is -0.282. The number of hydrogen-bond donors (Lipinski definition) is 0. The molecule has 1 spiro atoms. The van der Waals surface area contributed by atoms with E-state index in [1.54, 1.807) is 0 Å². The van der Waals surface area contributed by atoms with Gasteiger partial charge in [-0.25, -0.2) is 0 Å². The van der Waals surface area contributed by atoms with E-state index in [4.69, 9.17) is 14.2 Å². The molecule has 1 saturated carbocycles. The van der Waals surface area contributed by atoms with Crippen molar-refractivity contribution in [2.75, 3.05) is 32.8 Å². The molecule has 3 aliphatic rings. The Morgan fingerprint density at radius 3 is 2.39 bits per heavy atom. The van der Waals surface area contributed by atoms with Crippen LogP contribution in [0.4, 0.5) is 0 Å². The zero-order valence-electron chi connectivity index (χ0n) is 19.4. The summed E-state index contributed by atoms with van der Waals surface area (Å²) in [6, 6.07) is 0. The van der Waals surface area contributed by atoms with Crippen LogP contribution in [0.5, 0.6) is 0 Å². The van der Waals surface area contributed by atoms with Crippen LogP contribution in [-0.2, 0) is 14.2 Å². The molecule has 0 bridgehead atoms. The van der Waals surface area contributed by atoms with E-state index >= 15 is 0 Å². The van der Waals surface area contributed by atoms with Crippen molar-refractivity contribution in [1.82, 2.24) is 4.90 Å². The van der Waals surface area contributed by atoms with Gasteiger partial charge in [-0.1, -0.05) is 41.5 Å². The lowest BCUT2D eigenvalue weighted by atomic mass is 9.64. The van der Waals surface area contributed by atoms with Crippen LogP contribution in [0, 0.1) is 16.7 Å². The number of rotatable bonds is 6. The zero-order chi connectivity index (χ0) is 20.4. The van der Waals surface area contributed by atoms with Gasteiger partial charge in [0.05, 0.1) is 25.4 Å². The van der Waals surface area contributed by atoms with E-state index in [2.05, 4.69) is 46.4 Å². The second kappa shape index (κ2) is 8.91. The molecule has 0 radical (unpaired) electrons. The maximum atomic E-state index is 6.52. The highest BCUT2D eigenvalue weighted by atomic mass is 16.7. The van der Waals surface area contributed by atoms with E-state index in [0.717, 1.165) is 64.4 Å². The van der Waals surface area contributed by atoms with E-state index in [1.165, 1.54) is 19.3 Å². The van der Waals surface area contributed by atoms with Crippen LogP contribution in [0.25, 0.3) is 0 Å². The molecule has 2 heterocycles. The summed E-state index contributed by atoms with van der Waals surface area (Å²) in [5.41, 5.74) is 0.782. The third-order valence-electron chi connectivity index (χ3n) is 7.20. The average Bonchev–Trinajstić information content (AvgIpc) is 3.01. The van der Waals surface area contributed by atoms with Gasteiger partial charge >= 0.3 is 0 Å². The Labute approximate surface area is 173 Å². The second-order valence-electron chi connectivity index (χ2n) is 11.5. The molecule has 0 amide bonds. The molecule has 4 heteroatoms. The summed E-state index contributed by atoms with van der Waals surface area (Å²) < 4.78 is 18.6. The molecule has 2 saturated heterocycles. The predicted octanol–water partition coefficient (Wildman–Crippen LogP) is 5.25. The van der Waals surface area contributed by atoms with Crippen molar-refractivity contribution in [3.05, 3.63) is 0 Å². The lowest BCUT2D eigenvalue weighted by Gasteiger charge is -2.45. The highest BCUT2D eigenvalue weighted by Crippen LogP contribution is 2.49. The average molecular weight is 396 g/mol. The van der Waals surface area contributed by atoms with Crippen molar-refractivity contribution in [3.8, 4) is 0 Å². The SMILES string of the molecule is CCC1CN(CCC2COC3(CCC(C(C)(C)CC(C)(C)C)CC3)O2)CCO1. The van der Waals surface area contributed by atoms with Crippen LogP contribution in [0.1, 0.15) is 86.5 Å². The van der Waals surface area contributed by atoms with Gasteiger partial charge in [-0.15, -0.1) is 0 Å². The Balaban J connectivity index is 1.43. The van der Waals surface area contributed by atoms with Gasteiger partial charge in [-0.3, -0.25) is 4.90 Å². The molecule has 164 valence electrons. The molecule has 28 heavy (non-hydrogen) atoms. The normalized spacial score (nSPS) is 35.6. The third kappa shape index (κ3) is 5.93. The number of morpholine rings is 1. The first-order valence-electron chi connectivity index (χ1n) is 11.8. The van der Waals surface area contributed by atoms with Gasteiger partial charge in [0.1, 0.15) is 0 Å². The molecule has 2 atom stereocenters. The highest BCUT2D eigenvalue weighted by Gasteiger charge is 2.47. The van der Waals surface area contributed by atoms with Gasteiger partial charge in [-0.2, -0.15) is 0 Å². The fourth-order valence-electron chi connectivity index (χ4n) is 5.93. The smallest absolute Gasteiger partial charge is 0.168 e. The standard InChI is InChI=1S/C24H45NO3/c1-7-20-16-25(14-15-26-20)13-10-21-17-27-24(28-21)11-8-19(9-12-24)23(5,6)18-22(2,3)4/h19-21H,7-18H2,1-6H3. The molecule has 3 fully saturated rings. The molecule has 0 N–H and O–H groups in total. The summed E-state index contributed by atoms with van der Waals surface area (Å²) in [5.74, 6) is 0.499. The summed E-state index contributed by atoms with van der Waals surface area (Å²) in [4.78, 5) is 2.54. The number of nitrogens with zero attached hydrogens (tertiary/aromatic N) is 1. The lowest BCUT2D eigenvalue weighted by molar-refractivity contribution is -0.198. The zero-order valence-corrected chi connectivity index (χ0v) is 19.4. The van der Waals surface area contributed by atoms with E-state index in [0.29, 0.717) is 16.9 Å².